The first-order chi connectivity index (χ1) is 11.9. The van der Waals surface area contributed by atoms with Crippen LogP contribution in [0.25, 0.3) is 16.7 Å². The van der Waals surface area contributed by atoms with E-state index >= 15 is 0 Å². The zero-order valence-electron chi connectivity index (χ0n) is 15.7. The van der Waals surface area contributed by atoms with Crippen LogP contribution < -0.4 is 0 Å². The van der Waals surface area contributed by atoms with Gasteiger partial charge in [0.2, 0.25) is 0 Å². The van der Waals surface area contributed by atoms with E-state index in [1.54, 1.807) is 17.7 Å². The van der Waals surface area contributed by atoms with Crippen LogP contribution in [0.1, 0.15) is 60.9 Å². The first kappa shape index (κ1) is 18.6. The molecule has 3 rings (SSSR count). The number of pyridine rings is 1. The van der Waals surface area contributed by atoms with Crippen molar-refractivity contribution < 1.29 is 9.90 Å². The topological polar surface area (TPSA) is 68.0 Å². The highest BCUT2D eigenvalue weighted by Gasteiger charge is 2.22. The molecule has 0 radical (unpaired) electrons. The van der Waals surface area contributed by atoms with E-state index in [4.69, 9.17) is 0 Å². The van der Waals surface area contributed by atoms with E-state index in [2.05, 4.69) is 10.1 Å². The van der Waals surface area contributed by atoms with Gasteiger partial charge in [-0.2, -0.15) is 5.10 Å². The van der Waals surface area contributed by atoms with Gasteiger partial charge in [-0.15, -0.1) is 0 Å². The first-order valence-electron chi connectivity index (χ1n) is 8.59. The van der Waals surface area contributed by atoms with Crippen molar-refractivity contribution in [2.75, 3.05) is 0 Å². The summed E-state index contributed by atoms with van der Waals surface area (Å²) in [6.45, 7) is 11.8. The normalized spacial score (nSPS) is 10.7. The lowest BCUT2D eigenvalue weighted by Gasteiger charge is -2.05. The fraction of sp³-hybridized carbons (Fsp3) is 0.350. The molecule has 0 fully saturated rings. The molecule has 0 aliphatic carbocycles. The summed E-state index contributed by atoms with van der Waals surface area (Å²) in [4.78, 5) is 16.2. The van der Waals surface area contributed by atoms with E-state index in [1.165, 1.54) is 0 Å². The van der Waals surface area contributed by atoms with E-state index in [1.807, 2.05) is 58.9 Å². The number of hydrogen-bond acceptors (Lipinski definition) is 3. The van der Waals surface area contributed by atoms with Gasteiger partial charge in [0.25, 0.3) is 0 Å². The van der Waals surface area contributed by atoms with Crippen molar-refractivity contribution in [2.45, 2.75) is 47.5 Å². The lowest BCUT2D eigenvalue weighted by Crippen LogP contribution is -2.02. The van der Waals surface area contributed by atoms with Gasteiger partial charge < -0.3 is 5.11 Å². The number of aromatic nitrogens is 3. The van der Waals surface area contributed by atoms with E-state index in [-0.39, 0.29) is 11.5 Å². The minimum absolute atomic E-state index is 0.103. The van der Waals surface area contributed by atoms with Gasteiger partial charge in [0.1, 0.15) is 0 Å². The number of fused-ring (bicyclic) bond motifs is 1. The maximum absolute atomic E-state index is 11.7. The molecule has 0 bridgehead atoms. The maximum Gasteiger partial charge on any atom is 0.336 e. The second-order valence-electron chi connectivity index (χ2n) is 6.11. The maximum atomic E-state index is 11.7. The number of hydrogen-bond donors (Lipinski definition) is 1. The number of carbonyl (C=O) groups is 1. The number of nitrogens with zero attached hydrogens (tertiary/aromatic N) is 3. The molecule has 2 heterocycles. The molecule has 25 heavy (non-hydrogen) atoms. The van der Waals surface area contributed by atoms with Gasteiger partial charge >= 0.3 is 5.97 Å². The van der Waals surface area contributed by atoms with Crippen LogP contribution in [0.5, 0.6) is 0 Å². The highest BCUT2D eigenvalue weighted by Crippen LogP contribution is 2.29. The van der Waals surface area contributed by atoms with Crippen LogP contribution in [-0.2, 0) is 0 Å². The van der Waals surface area contributed by atoms with Gasteiger partial charge in [-0.3, -0.25) is 0 Å². The van der Waals surface area contributed by atoms with E-state index in [9.17, 15) is 9.90 Å². The highest BCUT2D eigenvalue weighted by atomic mass is 16.4. The monoisotopic (exact) mass is 339 g/mol. The number of rotatable bonds is 3. The third kappa shape index (κ3) is 3.55. The number of carboxylic acids is 1. The molecule has 5 heteroatoms. The molecule has 0 unspecified atom stereocenters. The van der Waals surface area contributed by atoms with Gasteiger partial charge in [0.05, 0.1) is 22.3 Å². The Hall–Kier alpha value is -2.69. The minimum Gasteiger partial charge on any atom is -0.478 e. The summed E-state index contributed by atoms with van der Waals surface area (Å²) < 4.78 is 1.75. The van der Waals surface area contributed by atoms with Crippen LogP contribution in [-0.4, -0.2) is 25.8 Å². The highest BCUT2D eigenvalue weighted by molar-refractivity contribution is 6.03. The van der Waals surface area contributed by atoms with Crippen LogP contribution in [0, 0.1) is 13.8 Å². The van der Waals surface area contributed by atoms with Crippen molar-refractivity contribution in [3.05, 3.63) is 52.8 Å². The van der Waals surface area contributed by atoms with Gasteiger partial charge in [-0.1, -0.05) is 39.8 Å². The average molecular weight is 339 g/mol. The Kier molecular flexibility index (Phi) is 5.57. The van der Waals surface area contributed by atoms with Crippen LogP contribution in [0.15, 0.2) is 30.3 Å². The van der Waals surface area contributed by atoms with Crippen molar-refractivity contribution in [1.29, 1.82) is 0 Å². The molecule has 0 atom stereocenters. The number of aryl methyl sites for hydroxylation is 2. The zero-order chi connectivity index (χ0) is 18.7. The molecule has 3 aromatic rings. The van der Waals surface area contributed by atoms with Crippen molar-refractivity contribution >= 4 is 17.0 Å². The zero-order valence-corrected chi connectivity index (χ0v) is 15.7. The third-order valence-electron chi connectivity index (χ3n) is 3.82. The molecular weight excluding hydrogens is 314 g/mol. The van der Waals surface area contributed by atoms with E-state index in [0.717, 1.165) is 16.9 Å². The van der Waals surface area contributed by atoms with Crippen molar-refractivity contribution in [3.63, 3.8) is 0 Å². The van der Waals surface area contributed by atoms with Gasteiger partial charge in [-0.05, 0) is 43.5 Å². The molecule has 0 saturated carbocycles. The minimum atomic E-state index is -0.953. The lowest BCUT2D eigenvalue weighted by atomic mass is 10.0. The van der Waals surface area contributed by atoms with Crippen LogP contribution in [0.2, 0.25) is 0 Å². The molecule has 0 aliphatic heterocycles. The summed E-state index contributed by atoms with van der Waals surface area (Å²) in [6.07, 6.45) is 0. The van der Waals surface area contributed by atoms with Crippen LogP contribution in [0.3, 0.4) is 0 Å². The Labute approximate surface area is 148 Å². The Morgan fingerprint density at radius 2 is 1.84 bits per heavy atom. The molecule has 0 saturated heterocycles. The quantitative estimate of drug-likeness (QED) is 0.738. The summed E-state index contributed by atoms with van der Waals surface area (Å²) in [7, 11) is 0. The Morgan fingerprint density at radius 3 is 2.40 bits per heavy atom. The predicted molar refractivity (Wildman–Crippen MR) is 101 cm³/mol. The standard InChI is InChI=1S/C18H19N3O2.C2H6/c1-10(2)16-15-14(18(22)23)9-12(4)19-17(15)21(20-16)13-7-5-6-11(3)8-13;1-2/h5-10H,1-4H3,(H,22,23);1-2H3. The second kappa shape index (κ2) is 7.47. The van der Waals surface area contributed by atoms with E-state index < -0.39 is 5.97 Å². The molecular formula is C20H25N3O2. The number of aromatic carboxylic acids is 1. The lowest BCUT2D eigenvalue weighted by molar-refractivity contribution is 0.0698. The average Bonchev–Trinajstić information content (AvgIpc) is 2.95. The van der Waals surface area contributed by atoms with Crippen molar-refractivity contribution in [2.24, 2.45) is 0 Å². The Balaban J connectivity index is 0.00000109. The summed E-state index contributed by atoms with van der Waals surface area (Å²) in [5, 5.41) is 14.9. The molecule has 0 spiro atoms. The summed E-state index contributed by atoms with van der Waals surface area (Å²) in [6, 6.07) is 9.55. The Bertz CT molecular complexity index is 911. The molecule has 132 valence electrons. The molecule has 2 aromatic heterocycles. The van der Waals surface area contributed by atoms with Gasteiger partial charge in [0, 0.05) is 5.69 Å². The van der Waals surface area contributed by atoms with Gasteiger partial charge in [-0.25, -0.2) is 14.5 Å². The largest absolute Gasteiger partial charge is 0.478 e. The third-order valence-corrected chi connectivity index (χ3v) is 3.82. The van der Waals surface area contributed by atoms with Crippen LogP contribution >= 0.6 is 0 Å². The molecule has 0 aliphatic rings. The van der Waals surface area contributed by atoms with E-state index in [0.29, 0.717) is 16.7 Å². The second-order valence-corrected chi connectivity index (χ2v) is 6.11. The Morgan fingerprint density at radius 1 is 1.16 bits per heavy atom. The van der Waals surface area contributed by atoms with Crippen LogP contribution in [0.4, 0.5) is 0 Å². The van der Waals surface area contributed by atoms with Gasteiger partial charge in [0.15, 0.2) is 5.65 Å². The first-order valence-corrected chi connectivity index (χ1v) is 8.59. The fourth-order valence-corrected chi connectivity index (χ4v) is 2.78. The summed E-state index contributed by atoms with van der Waals surface area (Å²) in [5.74, 6) is -0.850. The molecule has 5 nitrogen and oxygen atoms in total. The van der Waals surface area contributed by atoms with Crippen molar-refractivity contribution in [1.82, 2.24) is 14.8 Å². The molecule has 0 amide bonds. The molecule has 1 N–H and O–H groups in total. The smallest absolute Gasteiger partial charge is 0.336 e. The summed E-state index contributed by atoms with van der Waals surface area (Å²) >= 11 is 0. The number of carboxylic acid groups (broad SMARTS) is 1. The fourth-order valence-electron chi connectivity index (χ4n) is 2.78. The predicted octanol–water partition coefficient (Wildman–Crippen LogP) is 4.89. The van der Waals surface area contributed by atoms with Crippen molar-refractivity contribution in [3.8, 4) is 5.69 Å². The molecule has 1 aromatic carbocycles. The SMILES string of the molecule is CC.Cc1cccc(-n2nc(C(C)C)c3c(C(=O)O)cc(C)nc32)c1. The number of benzene rings is 1. The summed E-state index contributed by atoms with van der Waals surface area (Å²) in [5.41, 5.74) is 4.27.